The molecule has 7 nitrogen and oxygen atoms in total. The summed E-state index contributed by atoms with van der Waals surface area (Å²) >= 11 is 7.81. The Morgan fingerprint density at radius 3 is 2.90 bits per heavy atom. The molecule has 158 valence electrons. The third-order valence-electron chi connectivity index (χ3n) is 5.87. The maximum Gasteiger partial charge on any atom is 0.288 e. The quantitative estimate of drug-likeness (QED) is 0.425. The van der Waals surface area contributed by atoms with Crippen LogP contribution in [0.4, 0.5) is 0 Å². The standard InChI is InChI=1S/C21H18ClN5O2S2/c22-18-20(27-16-7-1-2-8-17(16)30-21(27)25-18)31(28,29)26-12-15(13-5-3-9-23-11-13)14-6-4-10-24-19(14)26/h1-2,4,6-8,10,12-13,23H,3,5,9,11H2. The highest BCUT2D eigenvalue weighted by Gasteiger charge is 2.32. The van der Waals surface area contributed by atoms with Crippen molar-refractivity contribution in [3.05, 3.63) is 59.5 Å². The van der Waals surface area contributed by atoms with Gasteiger partial charge in [-0.05, 0) is 55.1 Å². The second-order valence-electron chi connectivity index (χ2n) is 7.70. The normalized spacial score (nSPS) is 17.8. The van der Waals surface area contributed by atoms with Crippen LogP contribution in [0.15, 0.2) is 53.8 Å². The molecule has 5 aromatic rings. The molecule has 0 aliphatic carbocycles. The highest BCUT2D eigenvalue weighted by Crippen LogP contribution is 2.37. The highest BCUT2D eigenvalue weighted by atomic mass is 35.5. The van der Waals surface area contributed by atoms with E-state index in [2.05, 4.69) is 15.3 Å². The average molecular weight is 472 g/mol. The summed E-state index contributed by atoms with van der Waals surface area (Å²) in [5, 5.41) is 4.20. The SMILES string of the molecule is O=S(=O)(c1c(Cl)nc2sc3ccccc3n12)n1cc(C2CCCNC2)c2cccnc21. The van der Waals surface area contributed by atoms with Crippen LogP contribution >= 0.6 is 22.9 Å². The average Bonchev–Trinajstić information content (AvgIpc) is 3.43. The van der Waals surface area contributed by atoms with E-state index in [-0.39, 0.29) is 16.1 Å². The van der Waals surface area contributed by atoms with E-state index in [1.165, 1.54) is 15.3 Å². The Balaban J connectivity index is 1.62. The first-order valence-corrected chi connectivity index (χ1v) is 12.7. The molecule has 1 N–H and O–H groups in total. The van der Waals surface area contributed by atoms with Crippen LogP contribution in [-0.2, 0) is 10.0 Å². The largest absolute Gasteiger partial charge is 0.316 e. The van der Waals surface area contributed by atoms with Crippen molar-refractivity contribution >= 4 is 59.2 Å². The number of piperidine rings is 1. The Morgan fingerprint density at radius 1 is 1.19 bits per heavy atom. The van der Waals surface area contributed by atoms with Gasteiger partial charge >= 0.3 is 0 Å². The van der Waals surface area contributed by atoms with E-state index >= 15 is 0 Å². The molecule has 1 aromatic carbocycles. The van der Waals surface area contributed by atoms with Gasteiger partial charge in [0.25, 0.3) is 10.0 Å². The number of halogens is 1. The zero-order chi connectivity index (χ0) is 21.2. The molecule has 4 aromatic heterocycles. The molecular weight excluding hydrogens is 454 g/mol. The topological polar surface area (TPSA) is 81.3 Å². The Labute approximate surface area is 187 Å². The van der Waals surface area contributed by atoms with Gasteiger partial charge in [-0.15, -0.1) is 0 Å². The summed E-state index contributed by atoms with van der Waals surface area (Å²) in [5.74, 6) is 0.236. The van der Waals surface area contributed by atoms with Crippen molar-refractivity contribution in [3.63, 3.8) is 0 Å². The van der Waals surface area contributed by atoms with Crippen molar-refractivity contribution in [1.29, 1.82) is 0 Å². The van der Waals surface area contributed by atoms with E-state index in [4.69, 9.17) is 11.6 Å². The van der Waals surface area contributed by atoms with E-state index in [9.17, 15) is 8.42 Å². The Hall–Kier alpha value is -2.46. The lowest BCUT2D eigenvalue weighted by Crippen LogP contribution is -2.28. The van der Waals surface area contributed by atoms with Crippen LogP contribution in [0.5, 0.6) is 0 Å². The monoisotopic (exact) mass is 471 g/mol. The maximum atomic E-state index is 13.9. The number of rotatable bonds is 3. The zero-order valence-corrected chi connectivity index (χ0v) is 18.7. The van der Waals surface area contributed by atoms with E-state index in [1.54, 1.807) is 16.8 Å². The molecule has 31 heavy (non-hydrogen) atoms. The maximum absolute atomic E-state index is 13.9. The van der Waals surface area contributed by atoms with Crippen LogP contribution < -0.4 is 5.32 Å². The summed E-state index contributed by atoms with van der Waals surface area (Å²) in [6.45, 7) is 1.81. The van der Waals surface area contributed by atoms with Crippen molar-refractivity contribution < 1.29 is 8.42 Å². The van der Waals surface area contributed by atoms with Crippen LogP contribution in [-0.4, -0.2) is 39.8 Å². The van der Waals surface area contributed by atoms with Gasteiger partial charge < -0.3 is 5.32 Å². The lowest BCUT2D eigenvalue weighted by molar-refractivity contribution is 0.463. The second-order valence-corrected chi connectivity index (χ2v) is 10.8. The van der Waals surface area contributed by atoms with Crippen molar-refractivity contribution in [2.24, 2.45) is 0 Å². The zero-order valence-electron chi connectivity index (χ0n) is 16.3. The first-order chi connectivity index (χ1) is 15.1. The number of nitrogens with zero attached hydrogens (tertiary/aromatic N) is 4. The highest BCUT2D eigenvalue weighted by molar-refractivity contribution is 7.90. The van der Waals surface area contributed by atoms with Gasteiger partial charge in [0.2, 0.25) is 5.03 Å². The summed E-state index contributed by atoms with van der Waals surface area (Å²) in [5.41, 5.74) is 2.17. The third kappa shape index (κ3) is 2.84. The predicted octanol–water partition coefficient (Wildman–Crippen LogP) is 4.26. The fourth-order valence-electron chi connectivity index (χ4n) is 4.46. The lowest BCUT2D eigenvalue weighted by atomic mass is 9.92. The Morgan fingerprint density at radius 2 is 2.06 bits per heavy atom. The molecule has 6 rings (SSSR count). The molecule has 5 heterocycles. The van der Waals surface area contributed by atoms with E-state index in [0.717, 1.165) is 47.1 Å². The molecule has 0 saturated carbocycles. The van der Waals surface area contributed by atoms with Gasteiger partial charge in [0.05, 0.1) is 10.2 Å². The number of thiazole rings is 1. The summed E-state index contributed by atoms with van der Waals surface area (Å²) < 4.78 is 31.7. The van der Waals surface area contributed by atoms with Gasteiger partial charge in [0.1, 0.15) is 0 Å². The molecule has 0 radical (unpaired) electrons. The molecule has 0 bridgehead atoms. The lowest BCUT2D eigenvalue weighted by Gasteiger charge is -2.22. The van der Waals surface area contributed by atoms with Crippen LogP contribution in [0, 0.1) is 0 Å². The molecule has 10 heteroatoms. The van der Waals surface area contributed by atoms with Gasteiger partial charge in [-0.25, -0.2) is 13.9 Å². The summed E-state index contributed by atoms with van der Waals surface area (Å²) in [6, 6.07) is 11.4. The second kappa shape index (κ2) is 7.03. The van der Waals surface area contributed by atoms with Gasteiger partial charge in [0, 0.05) is 24.3 Å². The number of benzene rings is 1. The van der Waals surface area contributed by atoms with Crippen molar-refractivity contribution in [2.75, 3.05) is 13.1 Å². The first kappa shape index (κ1) is 19.2. The number of nitrogens with one attached hydrogen (secondary N) is 1. The van der Waals surface area contributed by atoms with E-state index in [1.807, 2.05) is 36.4 Å². The Bertz CT molecular complexity index is 1560. The smallest absolute Gasteiger partial charge is 0.288 e. The Kier molecular flexibility index (Phi) is 4.36. The number of pyridine rings is 1. The van der Waals surface area contributed by atoms with Gasteiger partial charge in [-0.3, -0.25) is 4.40 Å². The van der Waals surface area contributed by atoms with Crippen molar-refractivity contribution in [1.82, 2.24) is 23.7 Å². The van der Waals surface area contributed by atoms with E-state index < -0.39 is 10.0 Å². The molecular formula is C21H18ClN5O2S2. The summed E-state index contributed by atoms with van der Waals surface area (Å²) in [4.78, 5) is 9.32. The van der Waals surface area contributed by atoms with Gasteiger partial charge in [-0.1, -0.05) is 35.1 Å². The fourth-order valence-corrected chi connectivity index (χ4v) is 7.54. The number of aromatic nitrogens is 4. The van der Waals surface area contributed by atoms with Gasteiger partial charge in [0.15, 0.2) is 15.8 Å². The molecule has 0 amide bonds. The number of hydrogen-bond donors (Lipinski definition) is 1. The molecule has 1 aliphatic rings. The fraction of sp³-hybridized carbons (Fsp3) is 0.238. The predicted molar refractivity (Wildman–Crippen MR) is 123 cm³/mol. The number of para-hydroxylation sites is 1. The molecule has 1 fully saturated rings. The molecule has 1 atom stereocenters. The van der Waals surface area contributed by atoms with E-state index in [0.29, 0.717) is 10.6 Å². The number of fused-ring (bicyclic) bond motifs is 4. The molecule has 1 aliphatic heterocycles. The minimum Gasteiger partial charge on any atom is -0.316 e. The third-order valence-corrected chi connectivity index (χ3v) is 8.93. The van der Waals surface area contributed by atoms with Crippen molar-refractivity contribution in [2.45, 2.75) is 23.8 Å². The molecule has 1 unspecified atom stereocenters. The van der Waals surface area contributed by atoms with Crippen LogP contribution in [0.2, 0.25) is 5.15 Å². The number of imidazole rings is 1. The first-order valence-electron chi connectivity index (χ1n) is 10.0. The van der Waals surface area contributed by atoms with Crippen LogP contribution in [0.25, 0.3) is 26.2 Å². The summed E-state index contributed by atoms with van der Waals surface area (Å²) in [6.07, 6.45) is 5.40. The molecule has 0 spiro atoms. The minimum absolute atomic E-state index is 0.0301. The van der Waals surface area contributed by atoms with Gasteiger partial charge in [-0.2, -0.15) is 8.42 Å². The van der Waals surface area contributed by atoms with Crippen LogP contribution in [0.1, 0.15) is 24.3 Å². The van der Waals surface area contributed by atoms with Crippen LogP contribution in [0.3, 0.4) is 0 Å². The van der Waals surface area contributed by atoms with Crippen molar-refractivity contribution in [3.8, 4) is 0 Å². The summed E-state index contributed by atoms with van der Waals surface area (Å²) in [7, 11) is -4.05. The minimum atomic E-state index is -4.05. The number of hydrogen-bond acceptors (Lipinski definition) is 6. The molecule has 1 saturated heterocycles.